The fraction of sp³-hybridized carbons (Fsp3) is 0.647. The second-order valence-electron chi connectivity index (χ2n) is 6.17. The summed E-state index contributed by atoms with van der Waals surface area (Å²) in [6, 6.07) is 5.19. The number of hydrogen-bond acceptors (Lipinski definition) is 2. The molecule has 3 heteroatoms. The van der Waals surface area contributed by atoms with Gasteiger partial charge in [0.15, 0.2) is 0 Å². The molecular weight excluding hydrogens is 251 g/mol. The molecule has 1 aromatic carbocycles. The molecule has 0 aliphatic carbocycles. The van der Waals surface area contributed by atoms with E-state index in [-0.39, 0.29) is 5.82 Å². The van der Waals surface area contributed by atoms with Crippen molar-refractivity contribution < 1.29 is 4.39 Å². The topological polar surface area (TPSA) is 15.3 Å². The average molecular weight is 278 g/mol. The minimum Gasteiger partial charge on any atom is -0.371 e. The van der Waals surface area contributed by atoms with Crippen LogP contribution in [0.1, 0.15) is 38.7 Å². The van der Waals surface area contributed by atoms with Crippen LogP contribution in [0.5, 0.6) is 0 Å². The van der Waals surface area contributed by atoms with Gasteiger partial charge >= 0.3 is 0 Å². The van der Waals surface area contributed by atoms with Gasteiger partial charge in [0.1, 0.15) is 5.82 Å². The van der Waals surface area contributed by atoms with Gasteiger partial charge < -0.3 is 10.2 Å². The highest BCUT2D eigenvalue weighted by molar-refractivity contribution is 5.57. The van der Waals surface area contributed by atoms with Crippen molar-refractivity contribution in [3.8, 4) is 0 Å². The lowest BCUT2D eigenvalue weighted by molar-refractivity contribution is 0.529. The predicted molar refractivity (Wildman–Crippen MR) is 83.9 cm³/mol. The summed E-state index contributed by atoms with van der Waals surface area (Å²) in [6.07, 6.45) is 4.73. The van der Waals surface area contributed by atoms with Crippen LogP contribution in [0.4, 0.5) is 10.1 Å². The van der Waals surface area contributed by atoms with Gasteiger partial charge in [0, 0.05) is 18.8 Å². The van der Waals surface area contributed by atoms with Crippen molar-refractivity contribution in [3.05, 3.63) is 29.6 Å². The molecule has 1 aromatic rings. The molecule has 20 heavy (non-hydrogen) atoms. The van der Waals surface area contributed by atoms with E-state index in [1.54, 1.807) is 12.1 Å². The number of halogens is 1. The van der Waals surface area contributed by atoms with Gasteiger partial charge in [-0.05, 0) is 56.0 Å². The van der Waals surface area contributed by atoms with Crippen molar-refractivity contribution in [3.63, 3.8) is 0 Å². The first-order valence-electron chi connectivity index (χ1n) is 7.91. The summed E-state index contributed by atoms with van der Waals surface area (Å²) in [6.45, 7) is 8.79. The summed E-state index contributed by atoms with van der Waals surface area (Å²) < 4.78 is 13.3. The van der Waals surface area contributed by atoms with E-state index in [4.69, 9.17) is 0 Å². The highest BCUT2D eigenvalue weighted by Gasteiger charge is 2.18. The first-order valence-corrected chi connectivity index (χ1v) is 7.91. The molecule has 0 saturated heterocycles. The van der Waals surface area contributed by atoms with Gasteiger partial charge in [0.25, 0.3) is 0 Å². The maximum atomic E-state index is 13.3. The molecule has 0 aromatic heterocycles. The first-order chi connectivity index (χ1) is 9.66. The fourth-order valence-electron chi connectivity index (χ4n) is 2.77. The molecule has 0 atom stereocenters. The lowest BCUT2D eigenvalue weighted by Crippen LogP contribution is -2.23. The first kappa shape index (κ1) is 15.3. The van der Waals surface area contributed by atoms with Crippen LogP contribution in [0.15, 0.2) is 18.2 Å². The molecule has 1 heterocycles. The number of nitrogens with one attached hydrogen (secondary N) is 1. The van der Waals surface area contributed by atoms with Crippen molar-refractivity contribution in [1.82, 2.24) is 5.32 Å². The van der Waals surface area contributed by atoms with Crippen molar-refractivity contribution in [1.29, 1.82) is 0 Å². The molecule has 1 aliphatic heterocycles. The molecule has 0 bridgehead atoms. The quantitative estimate of drug-likeness (QED) is 0.731. The van der Waals surface area contributed by atoms with Crippen LogP contribution in [0.25, 0.3) is 0 Å². The molecule has 0 fully saturated rings. The van der Waals surface area contributed by atoms with E-state index in [0.717, 1.165) is 44.2 Å². The Morgan fingerprint density at radius 3 is 2.90 bits per heavy atom. The van der Waals surface area contributed by atoms with E-state index in [1.807, 2.05) is 6.07 Å². The van der Waals surface area contributed by atoms with Gasteiger partial charge in [-0.25, -0.2) is 4.39 Å². The minimum absolute atomic E-state index is 0.117. The van der Waals surface area contributed by atoms with E-state index in [2.05, 4.69) is 24.1 Å². The van der Waals surface area contributed by atoms with Crippen LogP contribution in [0, 0.1) is 11.7 Å². The number of fused-ring (bicyclic) bond motifs is 1. The van der Waals surface area contributed by atoms with Crippen LogP contribution in [-0.4, -0.2) is 26.2 Å². The largest absolute Gasteiger partial charge is 0.371 e. The summed E-state index contributed by atoms with van der Waals surface area (Å²) in [5.41, 5.74) is 2.41. The Morgan fingerprint density at radius 2 is 2.10 bits per heavy atom. The van der Waals surface area contributed by atoms with Crippen LogP contribution in [-0.2, 0) is 6.42 Å². The third kappa shape index (κ3) is 4.48. The van der Waals surface area contributed by atoms with Crippen LogP contribution < -0.4 is 10.2 Å². The lowest BCUT2D eigenvalue weighted by Gasteiger charge is -2.19. The smallest absolute Gasteiger partial charge is 0.125 e. The Morgan fingerprint density at radius 1 is 1.25 bits per heavy atom. The molecule has 2 rings (SSSR count). The predicted octanol–water partition coefficient (Wildman–Crippen LogP) is 3.60. The Bertz CT molecular complexity index is 417. The fourth-order valence-corrected chi connectivity index (χ4v) is 2.77. The summed E-state index contributed by atoms with van der Waals surface area (Å²) in [5.74, 6) is 0.611. The molecular formula is C17H27FN2. The van der Waals surface area contributed by atoms with Gasteiger partial charge in [-0.15, -0.1) is 0 Å². The highest BCUT2D eigenvalue weighted by Crippen LogP contribution is 2.28. The van der Waals surface area contributed by atoms with Gasteiger partial charge in [-0.1, -0.05) is 26.3 Å². The Hall–Kier alpha value is -1.09. The van der Waals surface area contributed by atoms with E-state index in [1.165, 1.54) is 24.8 Å². The summed E-state index contributed by atoms with van der Waals surface area (Å²) >= 11 is 0. The summed E-state index contributed by atoms with van der Waals surface area (Å²) in [7, 11) is 0. The van der Waals surface area contributed by atoms with Gasteiger partial charge in [-0.2, -0.15) is 0 Å². The Labute approximate surface area is 122 Å². The zero-order chi connectivity index (χ0) is 14.4. The van der Waals surface area contributed by atoms with Crippen LogP contribution >= 0.6 is 0 Å². The molecule has 112 valence electrons. The number of benzene rings is 1. The standard InChI is InChI=1S/C17H27FN2/c1-14(2)13-19-9-4-3-5-10-20-11-8-15-6-7-16(18)12-17(15)20/h6-7,12,14,19H,3-5,8-11,13H2,1-2H3. The number of nitrogens with zero attached hydrogens (tertiary/aromatic N) is 1. The van der Waals surface area contributed by atoms with Gasteiger partial charge in [0.2, 0.25) is 0 Å². The normalized spacial score (nSPS) is 14.1. The SMILES string of the molecule is CC(C)CNCCCCCN1CCc2ccc(F)cc21. The summed E-state index contributed by atoms with van der Waals surface area (Å²) in [5, 5.41) is 3.47. The zero-order valence-electron chi connectivity index (χ0n) is 12.8. The number of anilines is 1. The Kier molecular flexibility index (Phi) is 5.84. The monoisotopic (exact) mass is 278 g/mol. The molecule has 0 unspecified atom stereocenters. The number of unbranched alkanes of at least 4 members (excludes halogenated alkanes) is 2. The molecule has 0 spiro atoms. The van der Waals surface area contributed by atoms with Crippen molar-refractivity contribution in [2.75, 3.05) is 31.1 Å². The van der Waals surface area contributed by atoms with E-state index in [0.29, 0.717) is 0 Å². The summed E-state index contributed by atoms with van der Waals surface area (Å²) in [4.78, 5) is 2.33. The molecule has 0 amide bonds. The van der Waals surface area contributed by atoms with Gasteiger partial charge in [0.05, 0.1) is 0 Å². The number of hydrogen-bond donors (Lipinski definition) is 1. The van der Waals surface area contributed by atoms with Crippen LogP contribution in [0.2, 0.25) is 0 Å². The maximum absolute atomic E-state index is 13.3. The molecule has 1 aliphatic rings. The van der Waals surface area contributed by atoms with E-state index >= 15 is 0 Å². The zero-order valence-corrected chi connectivity index (χ0v) is 12.8. The van der Waals surface area contributed by atoms with E-state index in [9.17, 15) is 4.39 Å². The number of rotatable bonds is 8. The highest BCUT2D eigenvalue weighted by atomic mass is 19.1. The van der Waals surface area contributed by atoms with E-state index < -0.39 is 0 Å². The molecule has 0 saturated carbocycles. The average Bonchev–Trinajstić information content (AvgIpc) is 2.80. The van der Waals surface area contributed by atoms with Crippen LogP contribution in [0.3, 0.4) is 0 Å². The third-order valence-corrected chi connectivity index (χ3v) is 3.87. The van der Waals surface area contributed by atoms with Crippen molar-refractivity contribution in [2.24, 2.45) is 5.92 Å². The molecule has 1 N–H and O–H groups in total. The second kappa shape index (κ2) is 7.63. The minimum atomic E-state index is -0.117. The second-order valence-corrected chi connectivity index (χ2v) is 6.17. The third-order valence-electron chi connectivity index (χ3n) is 3.87. The molecule has 0 radical (unpaired) electrons. The van der Waals surface area contributed by atoms with Crippen molar-refractivity contribution in [2.45, 2.75) is 39.5 Å². The van der Waals surface area contributed by atoms with Crippen molar-refractivity contribution >= 4 is 5.69 Å². The molecule has 2 nitrogen and oxygen atoms in total. The Balaban J connectivity index is 1.63. The lowest BCUT2D eigenvalue weighted by atomic mass is 10.1. The maximum Gasteiger partial charge on any atom is 0.125 e. The van der Waals surface area contributed by atoms with Gasteiger partial charge in [-0.3, -0.25) is 0 Å².